The summed E-state index contributed by atoms with van der Waals surface area (Å²) in [6, 6.07) is 8.93. The summed E-state index contributed by atoms with van der Waals surface area (Å²) in [4.78, 5) is 11.2. The summed E-state index contributed by atoms with van der Waals surface area (Å²) in [5.41, 5.74) is 2.50. The number of nitrogens with one attached hydrogen (secondary N) is 2. The molecule has 0 spiro atoms. The van der Waals surface area contributed by atoms with Crippen LogP contribution in [0.1, 0.15) is 56.5 Å². The largest absolute Gasteiger partial charge is 0.443 e. The normalized spacial score (nSPS) is 13.2. The molecule has 2 N–H and O–H groups in total. The van der Waals surface area contributed by atoms with Crippen LogP contribution in [0.5, 0.6) is 0 Å². The minimum absolute atomic E-state index is 0. The molecule has 7 heteroatoms. The van der Waals surface area contributed by atoms with Gasteiger partial charge in [-0.05, 0) is 33.5 Å². The zero-order valence-electron chi connectivity index (χ0n) is 18.7. The van der Waals surface area contributed by atoms with Crippen molar-refractivity contribution in [2.45, 2.75) is 52.6 Å². The fourth-order valence-electron chi connectivity index (χ4n) is 2.80. The van der Waals surface area contributed by atoms with Crippen LogP contribution < -0.4 is 10.6 Å². The van der Waals surface area contributed by atoms with E-state index >= 15 is 0 Å². The van der Waals surface area contributed by atoms with Gasteiger partial charge < -0.3 is 20.0 Å². The van der Waals surface area contributed by atoms with E-state index in [0.717, 1.165) is 24.8 Å². The molecule has 1 atom stereocenters. The fraction of sp³-hybridized carbons (Fsp3) is 0.545. The fourth-order valence-corrected chi connectivity index (χ4v) is 2.80. The minimum atomic E-state index is -0.0509. The number of likely N-dealkylation sites (N-methyl/N-ethyl adjacent to an activating group) is 1. The number of aliphatic imine (C=N–C) groups is 1. The van der Waals surface area contributed by atoms with Gasteiger partial charge >= 0.3 is 0 Å². The number of hydrogen-bond donors (Lipinski definition) is 2. The number of benzene rings is 1. The minimum Gasteiger partial charge on any atom is -0.443 e. The third-order valence-corrected chi connectivity index (χ3v) is 4.56. The van der Waals surface area contributed by atoms with Crippen LogP contribution in [0, 0.1) is 6.92 Å². The first-order chi connectivity index (χ1) is 13.2. The van der Waals surface area contributed by atoms with Crippen molar-refractivity contribution in [3.63, 3.8) is 0 Å². The van der Waals surface area contributed by atoms with Gasteiger partial charge in [0.15, 0.2) is 5.96 Å². The van der Waals surface area contributed by atoms with Gasteiger partial charge in [-0.25, -0.2) is 9.98 Å². The van der Waals surface area contributed by atoms with E-state index in [1.54, 1.807) is 6.20 Å². The highest BCUT2D eigenvalue weighted by atomic mass is 127. The second kappa shape index (κ2) is 11.5. The van der Waals surface area contributed by atoms with Gasteiger partial charge in [0.1, 0.15) is 12.3 Å². The zero-order chi connectivity index (χ0) is 20.7. The van der Waals surface area contributed by atoms with Crippen molar-refractivity contribution in [3.8, 4) is 0 Å². The molecule has 0 saturated heterocycles. The first-order valence-electron chi connectivity index (χ1n) is 9.91. The van der Waals surface area contributed by atoms with Gasteiger partial charge in [0, 0.05) is 18.5 Å². The van der Waals surface area contributed by atoms with Crippen LogP contribution in [0.4, 0.5) is 0 Å². The van der Waals surface area contributed by atoms with E-state index in [2.05, 4.69) is 98.5 Å². The predicted octanol–water partition coefficient (Wildman–Crippen LogP) is 4.26. The lowest BCUT2D eigenvalue weighted by molar-refractivity contribution is 0.298. The Kier molecular flexibility index (Phi) is 10.1. The van der Waals surface area contributed by atoms with Crippen molar-refractivity contribution in [2.24, 2.45) is 4.99 Å². The topological polar surface area (TPSA) is 65.7 Å². The maximum atomic E-state index is 5.84. The summed E-state index contributed by atoms with van der Waals surface area (Å²) < 4.78 is 5.84. The third-order valence-electron chi connectivity index (χ3n) is 4.56. The highest BCUT2D eigenvalue weighted by Crippen LogP contribution is 2.23. The van der Waals surface area contributed by atoms with Gasteiger partial charge in [0.05, 0.1) is 12.2 Å². The molecule has 0 saturated carbocycles. The SMILES string of the molecule is CCNC(=NCc1ncc(C(C)(C)C)o1)NCC(c1ccc(C)cc1)N(C)C.I. The van der Waals surface area contributed by atoms with E-state index < -0.39 is 0 Å². The van der Waals surface area contributed by atoms with E-state index in [-0.39, 0.29) is 35.4 Å². The van der Waals surface area contributed by atoms with E-state index in [9.17, 15) is 0 Å². The van der Waals surface area contributed by atoms with Gasteiger partial charge in [-0.2, -0.15) is 0 Å². The summed E-state index contributed by atoms with van der Waals surface area (Å²) in [5, 5.41) is 6.75. The number of hydrogen-bond acceptors (Lipinski definition) is 4. The quantitative estimate of drug-likeness (QED) is 0.329. The van der Waals surface area contributed by atoms with Gasteiger partial charge in [-0.15, -0.1) is 24.0 Å². The van der Waals surface area contributed by atoms with E-state index in [0.29, 0.717) is 12.4 Å². The number of nitrogens with zero attached hydrogens (tertiary/aromatic N) is 3. The number of oxazole rings is 1. The first-order valence-corrected chi connectivity index (χ1v) is 9.91. The van der Waals surface area contributed by atoms with Crippen molar-refractivity contribution in [1.82, 2.24) is 20.5 Å². The Hall–Kier alpha value is -1.61. The Balaban J connectivity index is 0.00000420. The molecule has 29 heavy (non-hydrogen) atoms. The Morgan fingerprint density at radius 1 is 1.17 bits per heavy atom. The van der Waals surface area contributed by atoms with Crippen LogP contribution >= 0.6 is 24.0 Å². The molecule has 0 amide bonds. The summed E-state index contributed by atoms with van der Waals surface area (Å²) in [7, 11) is 4.19. The first kappa shape index (κ1) is 25.4. The number of halogens is 1. The van der Waals surface area contributed by atoms with Crippen molar-refractivity contribution < 1.29 is 4.42 Å². The smallest absolute Gasteiger partial charge is 0.216 e. The summed E-state index contributed by atoms with van der Waals surface area (Å²) >= 11 is 0. The molecular formula is C22H36IN5O. The van der Waals surface area contributed by atoms with Crippen LogP contribution in [0.15, 0.2) is 39.9 Å². The molecule has 6 nitrogen and oxygen atoms in total. The Morgan fingerprint density at radius 3 is 2.34 bits per heavy atom. The van der Waals surface area contributed by atoms with E-state index in [1.807, 2.05) is 0 Å². The van der Waals surface area contributed by atoms with Crippen molar-refractivity contribution in [1.29, 1.82) is 0 Å². The monoisotopic (exact) mass is 513 g/mol. The van der Waals surface area contributed by atoms with Crippen LogP contribution in [-0.2, 0) is 12.0 Å². The molecule has 1 aromatic carbocycles. The summed E-state index contributed by atoms with van der Waals surface area (Å²) in [5.74, 6) is 2.27. The van der Waals surface area contributed by atoms with Crippen LogP contribution in [-0.4, -0.2) is 43.0 Å². The van der Waals surface area contributed by atoms with Crippen LogP contribution in [0.3, 0.4) is 0 Å². The number of aryl methyl sites for hydroxylation is 1. The lowest BCUT2D eigenvalue weighted by Gasteiger charge is -2.26. The number of aromatic nitrogens is 1. The van der Waals surface area contributed by atoms with Crippen molar-refractivity contribution >= 4 is 29.9 Å². The molecule has 0 fully saturated rings. The Morgan fingerprint density at radius 2 is 1.83 bits per heavy atom. The molecule has 0 bridgehead atoms. The Bertz CT molecular complexity index is 762. The second-order valence-electron chi connectivity index (χ2n) is 8.33. The maximum absolute atomic E-state index is 5.84. The molecule has 0 aliphatic rings. The van der Waals surface area contributed by atoms with Gasteiger partial charge in [0.2, 0.25) is 5.89 Å². The molecule has 162 valence electrons. The molecular weight excluding hydrogens is 477 g/mol. The van der Waals surface area contributed by atoms with Gasteiger partial charge in [0.25, 0.3) is 0 Å². The third kappa shape index (κ3) is 7.97. The average Bonchev–Trinajstić information content (AvgIpc) is 3.10. The van der Waals surface area contributed by atoms with Crippen molar-refractivity contribution in [2.75, 3.05) is 27.2 Å². The second-order valence-corrected chi connectivity index (χ2v) is 8.33. The molecule has 0 aliphatic heterocycles. The van der Waals surface area contributed by atoms with E-state index in [4.69, 9.17) is 4.42 Å². The lowest BCUT2D eigenvalue weighted by atomic mass is 9.94. The Labute approximate surface area is 192 Å². The van der Waals surface area contributed by atoms with Crippen LogP contribution in [0.2, 0.25) is 0 Å². The van der Waals surface area contributed by atoms with Gasteiger partial charge in [-0.1, -0.05) is 50.6 Å². The number of guanidine groups is 1. The summed E-state index contributed by atoms with van der Waals surface area (Å²) in [6.45, 7) is 12.4. The highest BCUT2D eigenvalue weighted by Gasteiger charge is 2.19. The number of rotatable bonds is 7. The molecule has 0 aliphatic carbocycles. The predicted molar refractivity (Wildman–Crippen MR) is 131 cm³/mol. The average molecular weight is 513 g/mol. The van der Waals surface area contributed by atoms with Crippen LogP contribution in [0.25, 0.3) is 0 Å². The molecule has 2 aromatic rings. The van der Waals surface area contributed by atoms with E-state index in [1.165, 1.54) is 11.1 Å². The molecule has 1 unspecified atom stereocenters. The molecule has 1 aromatic heterocycles. The zero-order valence-corrected chi connectivity index (χ0v) is 21.1. The van der Waals surface area contributed by atoms with Crippen molar-refractivity contribution in [3.05, 3.63) is 53.2 Å². The lowest BCUT2D eigenvalue weighted by Crippen LogP contribution is -2.41. The molecule has 0 radical (unpaired) electrons. The highest BCUT2D eigenvalue weighted by molar-refractivity contribution is 14.0. The molecule has 2 rings (SSSR count). The summed E-state index contributed by atoms with van der Waals surface area (Å²) in [6.07, 6.45) is 1.80. The van der Waals surface area contributed by atoms with Gasteiger partial charge in [-0.3, -0.25) is 0 Å². The standard InChI is InChI=1S/C22H35N5O.HI/c1-8-23-21(26-15-20-24-14-19(28-20)22(3,4)5)25-13-18(27(6)7)17-11-9-16(2)10-12-17;/h9-12,14,18H,8,13,15H2,1-7H3,(H2,23,25,26);1H. The maximum Gasteiger partial charge on any atom is 0.216 e. The molecule has 1 heterocycles.